The van der Waals surface area contributed by atoms with Crippen LogP contribution in [0.5, 0.6) is 23.0 Å². The van der Waals surface area contributed by atoms with Crippen LogP contribution in [-0.2, 0) is 47.3 Å². The highest BCUT2D eigenvalue weighted by atomic mass is 31.2. The predicted octanol–water partition coefficient (Wildman–Crippen LogP) is 13.2. The van der Waals surface area contributed by atoms with Gasteiger partial charge >= 0.3 is 14.6 Å². The van der Waals surface area contributed by atoms with Crippen molar-refractivity contribution in [1.29, 1.82) is 0 Å². The number of fused-ring (bicyclic) bond motifs is 2. The van der Waals surface area contributed by atoms with Gasteiger partial charge in [0.15, 0.2) is 0 Å². The van der Waals surface area contributed by atoms with Crippen molar-refractivity contribution in [1.82, 2.24) is 0 Å². The van der Waals surface area contributed by atoms with Crippen LogP contribution in [0.4, 0.5) is 0 Å². The summed E-state index contributed by atoms with van der Waals surface area (Å²) in [5.41, 5.74) is 13.3. The van der Waals surface area contributed by atoms with Crippen LogP contribution in [0.1, 0.15) is 160 Å². The molecule has 6 bridgehead atoms. The maximum atomic E-state index is 14.1. The van der Waals surface area contributed by atoms with E-state index in [2.05, 4.69) is 132 Å². The molecule has 5 aromatic rings. The molecule has 0 atom stereocenters. The molecule has 0 saturated heterocycles. The topological polar surface area (TPSA) is 54.0 Å². The molecule has 0 fully saturated rings. The number of carbonyl (C=O) groups excluding carboxylic acids is 1. The Labute approximate surface area is 341 Å². The van der Waals surface area contributed by atoms with Crippen molar-refractivity contribution in [3.8, 4) is 23.0 Å². The molecule has 0 aliphatic carbocycles. The van der Waals surface area contributed by atoms with Gasteiger partial charge in [-0.1, -0.05) is 150 Å². The van der Waals surface area contributed by atoms with E-state index in [1.54, 1.807) is 0 Å². The minimum atomic E-state index is -1.91. The van der Waals surface area contributed by atoms with Crippen molar-refractivity contribution in [3.63, 3.8) is 0 Å². The van der Waals surface area contributed by atoms with Crippen molar-refractivity contribution in [3.05, 3.63) is 151 Å². The van der Waals surface area contributed by atoms with Gasteiger partial charge in [-0.15, -0.1) is 0 Å². The Kier molecular flexibility index (Phi) is 9.47. The van der Waals surface area contributed by atoms with E-state index in [4.69, 9.17) is 18.3 Å². The number of ether oxygens (including phenoxy) is 1. The van der Waals surface area contributed by atoms with Gasteiger partial charge in [-0.3, -0.25) is 0 Å². The second-order valence-electron chi connectivity index (χ2n) is 20.5. The highest BCUT2D eigenvalue weighted by Crippen LogP contribution is 2.55. The Hall–Kier alpha value is -4.60. The predicted molar refractivity (Wildman–Crippen MR) is 232 cm³/mol. The first-order chi connectivity index (χ1) is 26.6. The third-order valence-electron chi connectivity index (χ3n) is 11.7. The minimum absolute atomic E-state index is 0.0710. The number of hydrogen-bond donors (Lipinski definition) is 0. The molecule has 57 heavy (non-hydrogen) atoms. The molecular weight excluding hydrogens is 724 g/mol. The number of esters is 1. The summed E-state index contributed by atoms with van der Waals surface area (Å²) in [5.74, 6) is 2.65. The molecule has 5 aromatic carbocycles. The minimum Gasteiger partial charge on any atom is -0.422 e. The highest BCUT2D eigenvalue weighted by Gasteiger charge is 2.37. The van der Waals surface area contributed by atoms with Gasteiger partial charge in [-0.2, -0.15) is 0 Å². The molecular formula is C51H57O5P. The SMILES string of the molecule is CC(C)(C)c1cc2c(OC(=O)c3ccccc3)c(c1)Cc1cc(C(C)(C)C)cc3c1OP1Oc4c(cc(C(C)(C)C)cc4Cc4cc(C(C)(C)C)cc(c4O1)C3)C2. The number of carbonyl (C=O) groups is 1. The first kappa shape index (κ1) is 39.2. The van der Waals surface area contributed by atoms with E-state index < -0.39 is 8.60 Å². The first-order valence-corrected chi connectivity index (χ1v) is 21.5. The van der Waals surface area contributed by atoms with E-state index >= 15 is 0 Å². The molecule has 0 spiro atoms. The second kappa shape index (κ2) is 13.8. The van der Waals surface area contributed by atoms with Crippen molar-refractivity contribution in [2.24, 2.45) is 0 Å². The van der Waals surface area contributed by atoms with Crippen LogP contribution in [0.2, 0.25) is 0 Å². The van der Waals surface area contributed by atoms with E-state index in [-0.39, 0.29) is 27.6 Å². The van der Waals surface area contributed by atoms with E-state index in [0.717, 1.165) is 61.8 Å². The van der Waals surface area contributed by atoms with Gasteiger partial charge in [0.1, 0.15) is 23.0 Å². The summed E-state index contributed by atoms with van der Waals surface area (Å²) >= 11 is 0. The number of hydrogen-bond acceptors (Lipinski definition) is 5. The average molecular weight is 781 g/mol. The van der Waals surface area contributed by atoms with E-state index in [1.165, 1.54) is 22.3 Å². The lowest BCUT2D eigenvalue weighted by molar-refractivity contribution is 0.0731. The van der Waals surface area contributed by atoms with Gasteiger partial charge in [0, 0.05) is 36.8 Å². The van der Waals surface area contributed by atoms with Crippen LogP contribution < -0.4 is 18.3 Å². The van der Waals surface area contributed by atoms with Crippen molar-refractivity contribution >= 4 is 14.6 Å². The van der Waals surface area contributed by atoms with Crippen LogP contribution in [0.3, 0.4) is 0 Å². The third-order valence-corrected chi connectivity index (χ3v) is 12.7. The molecule has 0 unspecified atom stereocenters. The summed E-state index contributed by atoms with van der Waals surface area (Å²) < 4.78 is 27.8. The highest BCUT2D eigenvalue weighted by molar-refractivity contribution is 7.43. The van der Waals surface area contributed by atoms with E-state index in [9.17, 15) is 4.79 Å². The van der Waals surface area contributed by atoms with Crippen molar-refractivity contribution in [2.75, 3.05) is 0 Å². The molecule has 3 heterocycles. The molecule has 3 aliphatic heterocycles. The monoisotopic (exact) mass is 780 g/mol. The molecule has 0 N–H and O–H groups in total. The third kappa shape index (κ3) is 7.73. The van der Waals surface area contributed by atoms with E-state index in [1.807, 2.05) is 30.3 Å². The summed E-state index contributed by atoms with van der Waals surface area (Å²) in [5, 5.41) is 0. The summed E-state index contributed by atoms with van der Waals surface area (Å²) in [4.78, 5) is 14.1. The molecule has 0 radical (unpaired) electrons. The Morgan fingerprint density at radius 2 is 0.737 bits per heavy atom. The number of benzene rings is 5. The van der Waals surface area contributed by atoms with Crippen LogP contribution in [0.25, 0.3) is 0 Å². The average Bonchev–Trinajstić information content (AvgIpc) is 3.08. The zero-order valence-corrected chi connectivity index (χ0v) is 36.7. The molecule has 0 amide bonds. The summed E-state index contributed by atoms with van der Waals surface area (Å²) in [6.45, 7) is 27.2. The van der Waals surface area contributed by atoms with Gasteiger partial charge < -0.3 is 18.3 Å². The standard InChI is InChI=1S/C51H57O5P/c1-48(2,3)39-22-31-18-33-24-40(49(4,5)6)26-35-20-37-28-42(51(10,11)12)29-38-21-36-27-41(50(7,8)9)25-34(45(36)55-57(54-44(33)35)56-46(37)38)19-32(23-39)43(31)53-47(52)30-16-14-13-15-17-30/h13-17,22-29H,18-21H2,1-12H3. The lowest BCUT2D eigenvalue weighted by Crippen LogP contribution is -2.21. The molecule has 296 valence electrons. The molecule has 3 aliphatic rings. The van der Waals surface area contributed by atoms with Crippen LogP contribution in [0.15, 0.2) is 78.9 Å². The zero-order chi connectivity index (χ0) is 40.8. The summed E-state index contributed by atoms with van der Waals surface area (Å²) in [7, 11) is -1.91. The van der Waals surface area contributed by atoms with E-state index in [0.29, 0.717) is 37.0 Å². The number of rotatable bonds is 2. The fourth-order valence-electron chi connectivity index (χ4n) is 8.11. The van der Waals surface area contributed by atoms with Gasteiger partial charge in [0.25, 0.3) is 0 Å². The fourth-order valence-corrected chi connectivity index (χ4v) is 9.37. The molecule has 6 heteroatoms. The lowest BCUT2D eigenvalue weighted by atomic mass is 9.79. The van der Waals surface area contributed by atoms with Crippen molar-refractivity contribution in [2.45, 2.75) is 130 Å². The van der Waals surface area contributed by atoms with Gasteiger partial charge in [-0.25, -0.2) is 4.79 Å². The molecule has 0 saturated carbocycles. The maximum Gasteiger partial charge on any atom is 0.530 e. The lowest BCUT2D eigenvalue weighted by Gasteiger charge is -2.34. The Morgan fingerprint density at radius 1 is 0.456 bits per heavy atom. The van der Waals surface area contributed by atoms with Gasteiger partial charge in [0.2, 0.25) is 0 Å². The quantitative estimate of drug-likeness (QED) is 0.0995. The maximum absolute atomic E-state index is 14.1. The first-order valence-electron chi connectivity index (χ1n) is 20.4. The second-order valence-corrected chi connectivity index (χ2v) is 21.4. The molecule has 0 aromatic heterocycles. The summed E-state index contributed by atoms with van der Waals surface area (Å²) in [6.07, 6.45) is 2.27. The fraction of sp³-hybridized carbons (Fsp3) is 0.392. The summed E-state index contributed by atoms with van der Waals surface area (Å²) in [6, 6.07) is 27.7. The largest absolute Gasteiger partial charge is 0.530 e. The Bertz CT molecular complexity index is 2290. The van der Waals surface area contributed by atoms with Gasteiger partial charge in [0.05, 0.1) is 5.56 Å². The van der Waals surface area contributed by atoms with Crippen LogP contribution in [0, 0.1) is 0 Å². The van der Waals surface area contributed by atoms with Crippen LogP contribution in [-0.4, -0.2) is 5.97 Å². The Balaban J connectivity index is 1.49. The Morgan fingerprint density at radius 3 is 1.04 bits per heavy atom. The normalized spacial score (nSPS) is 15.2. The van der Waals surface area contributed by atoms with Crippen LogP contribution >= 0.6 is 8.60 Å². The van der Waals surface area contributed by atoms with Gasteiger partial charge in [-0.05, 0) is 89.4 Å². The van der Waals surface area contributed by atoms with Crippen molar-refractivity contribution < 1.29 is 23.1 Å². The molecule has 8 rings (SSSR count). The smallest absolute Gasteiger partial charge is 0.422 e. The zero-order valence-electron chi connectivity index (χ0n) is 35.8. The molecule has 5 nitrogen and oxygen atoms in total.